The van der Waals surface area contributed by atoms with Crippen LogP contribution in [0.5, 0.6) is 5.88 Å². The predicted molar refractivity (Wildman–Crippen MR) is 72.9 cm³/mol. The van der Waals surface area contributed by atoms with Crippen molar-refractivity contribution in [3.8, 4) is 5.88 Å². The fourth-order valence-electron chi connectivity index (χ4n) is 1.73. The van der Waals surface area contributed by atoms with Crippen LogP contribution >= 0.6 is 0 Å². The van der Waals surface area contributed by atoms with Crippen LogP contribution in [-0.2, 0) is 6.42 Å². The highest BCUT2D eigenvalue weighted by Gasteiger charge is 2.08. The standard InChI is InChI=1S/C13H17N5O/c1-8-9(2)16-11(17-13(8)18-14)6-10-4-5-12(19-3)15-7-10/h4-5,7H,6,14H2,1-3H3,(H,16,17,18). The molecule has 0 saturated carbocycles. The van der Waals surface area contributed by atoms with Gasteiger partial charge in [-0.1, -0.05) is 6.07 Å². The summed E-state index contributed by atoms with van der Waals surface area (Å²) in [5.41, 5.74) is 5.49. The van der Waals surface area contributed by atoms with Gasteiger partial charge >= 0.3 is 0 Å². The van der Waals surface area contributed by atoms with Gasteiger partial charge in [0.15, 0.2) is 0 Å². The number of hydrogen-bond donors (Lipinski definition) is 2. The van der Waals surface area contributed by atoms with Crippen molar-refractivity contribution in [2.45, 2.75) is 20.3 Å². The van der Waals surface area contributed by atoms with E-state index in [-0.39, 0.29) is 0 Å². The summed E-state index contributed by atoms with van der Waals surface area (Å²) in [6, 6.07) is 3.76. The smallest absolute Gasteiger partial charge is 0.212 e. The van der Waals surface area contributed by atoms with Crippen LogP contribution in [0.2, 0.25) is 0 Å². The Labute approximate surface area is 112 Å². The van der Waals surface area contributed by atoms with E-state index in [1.165, 1.54) is 0 Å². The largest absolute Gasteiger partial charge is 0.481 e. The zero-order chi connectivity index (χ0) is 13.8. The normalized spacial score (nSPS) is 10.3. The summed E-state index contributed by atoms with van der Waals surface area (Å²) in [6.07, 6.45) is 2.36. The minimum Gasteiger partial charge on any atom is -0.481 e. The van der Waals surface area contributed by atoms with Crippen LogP contribution in [0.3, 0.4) is 0 Å². The number of nitrogens with two attached hydrogens (primary N) is 1. The van der Waals surface area contributed by atoms with E-state index < -0.39 is 0 Å². The molecule has 100 valence electrons. The van der Waals surface area contributed by atoms with Crippen molar-refractivity contribution >= 4 is 5.82 Å². The minimum atomic E-state index is 0.592. The minimum absolute atomic E-state index is 0.592. The first kappa shape index (κ1) is 13.2. The van der Waals surface area contributed by atoms with Gasteiger partial charge in [0.1, 0.15) is 11.6 Å². The molecule has 0 aromatic carbocycles. The molecule has 2 rings (SSSR count). The topological polar surface area (TPSA) is 86.0 Å². The SMILES string of the molecule is COc1ccc(Cc2nc(C)c(C)c(NN)n2)cn1. The Morgan fingerprint density at radius 2 is 2.05 bits per heavy atom. The highest BCUT2D eigenvalue weighted by atomic mass is 16.5. The molecular formula is C13H17N5O. The molecule has 2 heterocycles. The molecule has 0 atom stereocenters. The van der Waals surface area contributed by atoms with Crippen molar-refractivity contribution in [1.29, 1.82) is 0 Å². The Hall–Kier alpha value is -2.21. The summed E-state index contributed by atoms with van der Waals surface area (Å²) in [5, 5.41) is 0. The van der Waals surface area contributed by atoms with E-state index in [0.717, 1.165) is 16.8 Å². The molecule has 0 aliphatic carbocycles. The van der Waals surface area contributed by atoms with E-state index >= 15 is 0 Å². The number of methoxy groups -OCH3 is 1. The number of hydrogen-bond acceptors (Lipinski definition) is 6. The van der Waals surface area contributed by atoms with Crippen molar-refractivity contribution in [1.82, 2.24) is 15.0 Å². The number of nitrogens with zero attached hydrogens (tertiary/aromatic N) is 3. The average Bonchev–Trinajstić information content (AvgIpc) is 2.43. The second kappa shape index (κ2) is 5.62. The molecule has 0 unspecified atom stereocenters. The Balaban J connectivity index is 2.25. The second-order valence-electron chi connectivity index (χ2n) is 4.23. The van der Waals surface area contributed by atoms with Crippen LogP contribution in [-0.4, -0.2) is 22.1 Å². The lowest BCUT2D eigenvalue weighted by Gasteiger charge is -2.09. The third-order valence-electron chi connectivity index (χ3n) is 2.94. The lowest BCUT2D eigenvalue weighted by atomic mass is 10.2. The van der Waals surface area contributed by atoms with Crippen LogP contribution in [0.4, 0.5) is 5.82 Å². The quantitative estimate of drug-likeness (QED) is 0.637. The van der Waals surface area contributed by atoms with Gasteiger partial charge in [0.25, 0.3) is 0 Å². The molecular weight excluding hydrogens is 242 g/mol. The van der Waals surface area contributed by atoms with E-state index in [1.54, 1.807) is 13.3 Å². The summed E-state index contributed by atoms with van der Waals surface area (Å²) in [4.78, 5) is 13.0. The van der Waals surface area contributed by atoms with Crippen LogP contribution < -0.4 is 16.0 Å². The van der Waals surface area contributed by atoms with Crippen molar-refractivity contribution in [3.63, 3.8) is 0 Å². The summed E-state index contributed by atoms with van der Waals surface area (Å²) in [7, 11) is 1.59. The number of anilines is 1. The summed E-state index contributed by atoms with van der Waals surface area (Å²) >= 11 is 0. The molecule has 19 heavy (non-hydrogen) atoms. The molecule has 0 aliphatic heterocycles. The Kier molecular flexibility index (Phi) is 3.91. The number of hydrazine groups is 1. The zero-order valence-electron chi connectivity index (χ0n) is 11.3. The zero-order valence-corrected chi connectivity index (χ0v) is 11.3. The summed E-state index contributed by atoms with van der Waals surface area (Å²) in [6.45, 7) is 3.87. The highest BCUT2D eigenvalue weighted by Crippen LogP contribution is 2.16. The third kappa shape index (κ3) is 2.97. The van der Waals surface area contributed by atoms with Gasteiger partial charge in [-0.05, 0) is 19.4 Å². The number of aromatic nitrogens is 3. The van der Waals surface area contributed by atoms with E-state index in [0.29, 0.717) is 23.9 Å². The van der Waals surface area contributed by atoms with Crippen LogP contribution in [0, 0.1) is 13.8 Å². The van der Waals surface area contributed by atoms with Crippen molar-refractivity contribution in [2.24, 2.45) is 5.84 Å². The fourth-order valence-corrected chi connectivity index (χ4v) is 1.73. The molecule has 6 heteroatoms. The maximum atomic E-state index is 5.45. The number of ether oxygens (including phenoxy) is 1. The summed E-state index contributed by atoms with van der Waals surface area (Å²) in [5.74, 6) is 7.41. The molecule has 0 radical (unpaired) electrons. The molecule has 0 aliphatic rings. The lowest BCUT2D eigenvalue weighted by Crippen LogP contribution is -2.13. The highest BCUT2D eigenvalue weighted by molar-refractivity contribution is 5.44. The first-order valence-corrected chi connectivity index (χ1v) is 5.93. The summed E-state index contributed by atoms with van der Waals surface area (Å²) < 4.78 is 5.02. The van der Waals surface area contributed by atoms with Crippen molar-refractivity contribution in [2.75, 3.05) is 12.5 Å². The molecule has 3 N–H and O–H groups in total. The molecule has 6 nitrogen and oxygen atoms in total. The van der Waals surface area contributed by atoms with E-state index in [1.807, 2.05) is 26.0 Å². The predicted octanol–water partition coefficient (Wildman–Crippen LogP) is 1.37. The van der Waals surface area contributed by atoms with E-state index in [2.05, 4.69) is 20.4 Å². The molecule has 2 aromatic heterocycles. The second-order valence-corrected chi connectivity index (χ2v) is 4.23. The molecule has 2 aromatic rings. The number of rotatable bonds is 4. The average molecular weight is 259 g/mol. The van der Waals surface area contributed by atoms with Gasteiger partial charge in [0.05, 0.1) is 7.11 Å². The number of aryl methyl sites for hydroxylation is 1. The third-order valence-corrected chi connectivity index (χ3v) is 2.94. The van der Waals surface area contributed by atoms with Crippen LogP contribution in [0.1, 0.15) is 22.6 Å². The molecule has 0 spiro atoms. The lowest BCUT2D eigenvalue weighted by molar-refractivity contribution is 0.397. The first-order chi connectivity index (χ1) is 9.13. The first-order valence-electron chi connectivity index (χ1n) is 5.93. The van der Waals surface area contributed by atoms with Gasteiger partial charge in [-0.25, -0.2) is 20.8 Å². The number of nitrogens with one attached hydrogen (secondary N) is 1. The monoisotopic (exact) mass is 259 g/mol. The van der Waals surface area contributed by atoms with E-state index in [4.69, 9.17) is 10.6 Å². The molecule has 0 fully saturated rings. The molecule has 0 amide bonds. The van der Waals surface area contributed by atoms with Gasteiger partial charge < -0.3 is 10.2 Å². The maximum Gasteiger partial charge on any atom is 0.212 e. The van der Waals surface area contributed by atoms with Crippen molar-refractivity contribution < 1.29 is 4.74 Å². The molecule has 0 saturated heterocycles. The van der Waals surface area contributed by atoms with Gasteiger partial charge in [0.2, 0.25) is 5.88 Å². The van der Waals surface area contributed by atoms with Gasteiger partial charge in [-0.15, -0.1) is 0 Å². The van der Waals surface area contributed by atoms with Gasteiger partial charge in [0, 0.05) is 29.9 Å². The molecule has 0 bridgehead atoms. The Morgan fingerprint density at radius 3 is 2.63 bits per heavy atom. The van der Waals surface area contributed by atoms with Gasteiger partial charge in [-0.2, -0.15) is 0 Å². The van der Waals surface area contributed by atoms with E-state index in [9.17, 15) is 0 Å². The maximum absolute atomic E-state index is 5.45. The Morgan fingerprint density at radius 1 is 1.26 bits per heavy atom. The van der Waals surface area contributed by atoms with Crippen LogP contribution in [0.15, 0.2) is 18.3 Å². The number of pyridine rings is 1. The van der Waals surface area contributed by atoms with Crippen LogP contribution in [0.25, 0.3) is 0 Å². The fraction of sp³-hybridized carbons (Fsp3) is 0.308. The number of nitrogen functional groups attached to an aromatic ring is 1. The Bertz CT molecular complexity index is 568. The van der Waals surface area contributed by atoms with Crippen molar-refractivity contribution in [3.05, 3.63) is 41.0 Å². The van der Waals surface area contributed by atoms with Gasteiger partial charge in [-0.3, -0.25) is 0 Å².